The first kappa shape index (κ1) is 13.9. The van der Waals surface area contributed by atoms with Crippen LogP contribution in [0.25, 0.3) is 0 Å². The van der Waals surface area contributed by atoms with Gasteiger partial charge in [-0.25, -0.2) is 4.79 Å². The molecule has 1 aromatic heterocycles. The van der Waals surface area contributed by atoms with E-state index in [-0.39, 0.29) is 17.9 Å². The van der Waals surface area contributed by atoms with E-state index in [1.165, 1.54) is 12.1 Å². The fourth-order valence-electron chi connectivity index (χ4n) is 1.92. The van der Waals surface area contributed by atoms with E-state index in [0.29, 0.717) is 0 Å². The van der Waals surface area contributed by atoms with E-state index >= 15 is 0 Å². The van der Waals surface area contributed by atoms with E-state index in [0.717, 1.165) is 11.1 Å². The van der Waals surface area contributed by atoms with E-state index in [4.69, 9.17) is 9.52 Å². The number of benzene rings is 1. The Hall–Kier alpha value is -2.56. The average molecular weight is 274 g/mol. The van der Waals surface area contributed by atoms with Crippen molar-refractivity contribution < 1.29 is 24.2 Å². The number of hydrogen-bond donors (Lipinski definition) is 2. The summed E-state index contributed by atoms with van der Waals surface area (Å²) < 4.78 is 5.08. The third-order valence-electron chi connectivity index (χ3n) is 3.04. The summed E-state index contributed by atoms with van der Waals surface area (Å²) in [6.45, 7) is 1.95. The van der Waals surface area contributed by atoms with Crippen molar-refractivity contribution in [2.45, 2.75) is 19.3 Å². The zero-order valence-corrected chi connectivity index (χ0v) is 10.9. The van der Waals surface area contributed by atoms with Gasteiger partial charge in [-0.05, 0) is 31.0 Å². The highest BCUT2D eigenvalue weighted by atomic mass is 16.4. The first-order valence-corrected chi connectivity index (χ1v) is 6.08. The van der Waals surface area contributed by atoms with Gasteiger partial charge in [0.05, 0.1) is 0 Å². The quantitative estimate of drug-likeness (QED) is 0.875. The van der Waals surface area contributed by atoms with Crippen molar-refractivity contribution in [1.82, 2.24) is 0 Å². The predicted molar refractivity (Wildman–Crippen MR) is 70.9 cm³/mol. The molecule has 20 heavy (non-hydrogen) atoms. The van der Waals surface area contributed by atoms with Crippen molar-refractivity contribution in [3.8, 4) is 0 Å². The van der Waals surface area contributed by atoms with E-state index < -0.39 is 17.9 Å². The van der Waals surface area contributed by atoms with Crippen LogP contribution in [0.3, 0.4) is 0 Å². The number of hydrogen-bond acceptors (Lipinski definition) is 3. The highest BCUT2D eigenvalue weighted by molar-refractivity contribution is 5.84. The molecule has 0 fully saturated rings. The lowest BCUT2D eigenvalue weighted by molar-refractivity contribution is -0.139. The molecule has 104 valence electrons. The molecule has 0 aliphatic rings. The maximum Gasteiger partial charge on any atom is 0.371 e. The molecule has 0 aliphatic carbocycles. The molecule has 5 nitrogen and oxygen atoms in total. The van der Waals surface area contributed by atoms with Crippen LogP contribution in [0.2, 0.25) is 0 Å². The second-order valence-corrected chi connectivity index (χ2v) is 4.59. The summed E-state index contributed by atoms with van der Waals surface area (Å²) in [5.41, 5.74) is 1.95. The van der Waals surface area contributed by atoms with Crippen LogP contribution in [-0.2, 0) is 11.2 Å². The van der Waals surface area contributed by atoms with Crippen molar-refractivity contribution >= 4 is 11.9 Å². The molecular weight excluding hydrogens is 260 g/mol. The average Bonchev–Trinajstić information content (AvgIpc) is 2.87. The highest BCUT2D eigenvalue weighted by Crippen LogP contribution is 2.24. The zero-order valence-electron chi connectivity index (χ0n) is 10.9. The molecule has 1 unspecified atom stereocenters. The van der Waals surface area contributed by atoms with Crippen LogP contribution in [0.5, 0.6) is 0 Å². The topological polar surface area (TPSA) is 87.7 Å². The first-order valence-electron chi connectivity index (χ1n) is 6.08. The molecule has 0 bridgehead atoms. The molecule has 2 N–H and O–H groups in total. The molecule has 0 radical (unpaired) electrons. The van der Waals surface area contributed by atoms with Crippen molar-refractivity contribution in [3.05, 3.63) is 59.0 Å². The van der Waals surface area contributed by atoms with Gasteiger partial charge in [0, 0.05) is 0 Å². The zero-order chi connectivity index (χ0) is 14.7. The fourth-order valence-corrected chi connectivity index (χ4v) is 1.92. The van der Waals surface area contributed by atoms with Gasteiger partial charge in [-0.1, -0.05) is 29.8 Å². The Kier molecular flexibility index (Phi) is 3.89. The summed E-state index contributed by atoms with van der Waals surface area (Å²) in [4.78, 5) is 22.1. The molecule has 0 saturated heterocycles. The third-order valence-corrected chi connectivity index (χ3v) is 3.04. The Morgan fingerprint density at radius 1 is 1.10 bits per heavy atom. The number of aryl methyl sites for hydroxylation is 1. The number of aliphatic carboxylic acids is 1. The van der Waals surface area contributed by atoms with Gasteiger partial charge in [0.2, 0.25) is 5.76 Å². The molecule has 0 amide bonds. The van der Waals surface area contributed by atoms with Crippen molar-refractivity contribution in [2.75, 3.05) is 0 Å². The SMILES string of the molecule is Cc1ccc(CC(C(=O)O)c2ccc(C(=O)O)o2)cc1. The smallest absolute Gasteiger partial charge is 0.371 e. The molecule has 0 saturated carbocycles. The Labute approximate surface area is 115 Å². The Morgan fingerprint density at radius 3 is 2.25 bits per heavy atom. The minimum Gasteiger partial charge on any atom is -0.481 e. The summed E-state index contributed by atoms with van der Waals surface area (Å²) in [5, 5.41) is 18.1. The van der Waals surface area contributed by atoms with E-state index in [1.807, 2.05) is 31.2 Å². The van der Waals surface area contributed by atoms with Gasteiger partial charge >= 0.3 is 11.9 Å². The van der Waals surface area contributed by atoms with Crippen LogP contribution in [-0.4, -0.2) is 22.2 Å². The Bertz CT molecular complexity index is 624. The lowest BCUT2D eigenvalue weighted by Gasteiger charge is -2.10. The third kappa shape index (κ3) is 3.06. The second-order valence-electron chi connectivity index (χ2n) is 4.59. The largest absolute Gasteiger partial charge is 0.481 e. The van der Waals surface area contributed by atoms with E-state index in [1.54, 1.807) is 0 Å². The van der Waals surface area contributed by atoms with Gasteiger partial charge in [0.15, 0.2) is 0 Å². The lowest BCUT2D eigenvalue weighted by Crippen LogP contribution is -2.13. The van der Waals surface area contributed by atoms with Crippen LogP contribution < -0.4 is 0 Å². The van der Waals surface area contributed by atoms with Gasteiger partial charge in [0.1, 0.15) is 11.7 Å². The van der Waals surface area contributed by atoms with Crippen LogP contribution in [0.4, 0.5) is 0 Å². The Balaban J connectivity index is 2.24. The molecule has 2 rings (SSSR count). The molecule has 0 aliphatic heterocycles. The van der Waals surface area contributed by atoms with Crippen LogP contribution in [0.1, 0.15) is 33.4 Å². The molecule has 0 spiro atoms. The summed E-state index contributed by atoms with van der Waals surface area (Å²) in [6.07, 6.45) is 0.252. The number of aromatic carboxylic acids is 1. The van der Waals surface area contributed by atoms with Gasteiger partial charge in [-0.3, -0.25) is 4.79 Å². The summed E-state index contributed by atoms with van der Waals surface area (Å²) >= 11 is 0. The predicted octanol–water partition coefficient (Wildman–Crippen LogP) is 2.70. The molecular formula is C15H14O5. The number of rotatable bonds is 5. The van der Waals surface area contributed by atoms with Crippen LogP contribution in [0, 0.1) is 6.92 Å². The number of carbonyl (C=O) groups is 2. The number of carboxylic acids is 2. The van der Waals surface area contributed by atoms with Crippen molar-refractivity contribution in [1.29, 1.82) is 0 Å². The van der Waals surface area contributed by atoms with E-state index in [2.05, 4.69) is 0 Å². The second kappa shape index (κ2) is 5.61. The molecule has 1 heterocycles. The van der Waals surface area contributed by atoms with Crippen LogP contribution >= 0.6 is 0 Å². The number of furan rings is 1. The molecule has 5 heteroatoms. The first-order chi connectivity index (χ1) is 9.47. The van der Waals surface area contributed by atoms with E-state index in [9.17, 15) is 14.7 Å². The summed E-state index contributed by atoms with van der Waals surface area (Å²) in [5.74, 6) is -3.26. The minimum absolute atomic E-state index is 0.149. The molecule has 1 atom stereocenters. The molecule has 1 aromatic carbocycles. The van der Waals surface area contributed by atoms with Gasteiger partial charge in [0.25, 0.3) is 0 Å². The normalized spacial score (nSPS) is 12.1. The fraction of sp³-hybridized carbons (Fsp3) is 0.200. The van der Waals surface area contributed by atoms with Crippen molar-refractivity contribution in [2.24, 2.45) is 0 Å². The maximum atomic E-state index is 11.3. The van der Waals surface area contributed by atoms with Gasteiger partial charge < -0.3 is 14.6 Å². The maximum absolute atomic E-state index is 11.3. The van der Waals surface area contributed by atoms with Crippen LogP contribution in [0.15, 0.2) is 40.8 Å². The lowest BCUT2D eigenvalue weighted by atomic mass is 9.96. The standard InChI is InChI=1S/C15H14O5/c1-9-2-4-10(5-3-9)8-11(14(16)17)12-6-7-13(20-12)15(18)19/h2-7,11H,8H2,1H3,(H,16,17)(H,18,19). The number of carboxylic acid groups (broad SMARTS) is 2. The molecule has 2 aromatic rings. The Morgan fingerprint density at radius 2 is 1.75 bits per heavy atom. The minimum atomic E-state index is -1.21. The van der Waals surface area contributed by atoms with Gasteiger partial charge in [-0.15, -0.1) is 0 Å². The van der Waals surface area contributed by atoms with Crippen molar-refractivity contribution in [3.63, 3.8) is 0 Å². The summed E-state index contributed by atoms with van der Waals surface area (Å²) in [7, 11) is 0. The monoisotopic (exact) mass is 274 g/mol. The summed E-state index contributed by atoms with van der Waals surface area (Å²) in [6, 6.07) is 10.2. The van der Waals surface area contributed by atoms with Gasteiger partial charge in [-0.2, -0.15) is 0 Å². The highest BCUT2D eigenvalue weighted by Gasteiger charge is 2.25.